The second kappa shape index (κ2) is 13.9. The summed E-state index contributed by atoms with van der Waals surface area (Å²) in [4.78, 5) is 27.1. The molecule has 2 aliphatic rings. The van der Waals surface area contributed by atoms with Crippen LogP contribution in [0.25, 0.3) is 0 Å². The number of piperazine rings is 1. The van der Waals surface area contributed by atoms with E-state index < -0.39 is 10.9 Å². The molecule has 0 unspecified atom stereocenters. The number of benzene rings is 1. The third-order valence-corrected chi connectivity index (χ3v) is 6.77. The van der Waals surface area contributed by atoms with Gasteiger partial charge in [0.2, 0.25) is 0 Å². The Morgan fingerprint density at radius 2 is 2.03 bits per heavy atom. The summed E-state index contributed by atoms with van der Waals surface area (Å²) in [5.74, 6) is -0.161. The van der Waals surface area contributed by atoms with E-state index in [1.165, 1.54) is 17.8 Å². The number of allylic oxidation sites excluding steroid dienone is 3. The molecule has 1 aromatic rings. The van der Waals surface area contributed by atoms with E-state index >= 15 is 0 Å². The van der Waals surface area contributed by atoms with E-state index in [4.69, 9.17) is 14.2 Å². The summed E-state index contributed by atoms with van der Waals surface area (Å²) in [6, 6.07) is 4.38. The van der Waals surface area contributed by atoms with Gasteiger partial charge in [-0.15, -0.1) is 0 Å². The molecule has 2 aliphatic heterocycles. The highest BCUT2D eigenvalue weighted by Crippen LogP contribution is 2.31. The number of carbonyl (C=O) groups excluding carboxylic acids is 1. The lowest BCUT2D eigenvalue weighted by Gasteiger charge is -2.36. The van der Waals surface area contributed by atoms with Crippen molar-refractivity contribution in [2.75, 3.05) is 52.5 Å². The molecule has 184 valence electrons. The number of nitrogens with zero attached hydrogens (tertiary/aromatic N) is 3. The molecule has 0 amide bonds. The van der Waals surface area contributed by atoms with Crippen molar-refractivity contribution < 1.29 is 23.9 Å². The summed E-state index contributed by atoms with van der Waals surface area (Å²) in [6.45, 7) is 7.10. The SMILES string of the molecule is CCOC(=O)COc1ccc(OCCCCN2CCN(C3=CC=CI=C=C3)CC2)cc1[N+](=O)[O-]. The van der Waals surface area contributed by atoms with E-state index in [9.17, 15) is 14.9 Å². The van der Waals surface area contributed by atoms with Gasteiger partial charge in [0, 0.05) is 38.0 Å². The number of nitro benzene ring substituents is 1. The predicted octanol–water partition coefficient (Wildman–Crippen LogP) is 3.65. The van der Waals surface area contributed by atoms with E-state index in [0.29, 0.717) is 12.4 Å². The van der Waals surface area contributed by atoms with Gasteiger partial charge in [-0.05, 0) is 69.3 Å². The fraction of sp³-hybridized carbons (Fsp3) is 0.458. The summed E-state index contributed by atoms with van der Waals surface area (Å²) in [5.41, 5.74) is 1.01. The normalized spacial score (nSPS) is 15.8. The Hall–Kier alpha value is -2.69. The molecular formula is C24H30IN3O6. The smallest absolute Gasteiger partial charge is 0.344 e. The molecular weight excluding hydrogens is 553 g/mol. The number of hydrogen-bond donors (Lipinski definition) is 0. The lowest BCUT2D eigenvalue weighted by atomic mass is 10.2. The fourth-order valence-electron chi connectivity index (χ4n) is 3.59. The van der Waals surface area contributed by atoms with Gasteiger partial charge in [-0.3, -0.25) is 15.0 Å². The highest BCUT2D eigenvalue weighted by atomic mass is 127. The number of rotatable bonds is 12. The number of unbranched alkanes of at least 4 members (excludes halogenated alkanes) is 1. The van der Waals surface area contributed by atoms with Gasteiger partial charge in [-0.2, -0.15) is 0 Å². The monoisotopic (exact) mass is 583 g/mol. The fourth-order valence-corrected chi connectivity index (χ4v) is 4.71. The van der Waals surface area contributed by atoms with Crippen LogP contribution in [0.4, 0.5) is 5.69 Å². The molecule has 0 spiro atoms. The summed E-state index contributed by atoms with van der Waals surface area (Å²) >= 11 is -0.0577. The molecule has 9 nitrogen and oxygen atoms in total. The maximum absolute atomic E-state index is 11.4. The van der Waals surface area contributed by atoms with Crippen molar-refractivity contribution in [3.63, 3.8) is 0 Å². The number of nitro groups is 1. The highest BCUT2D eigenvalue weighted by molar-refractivity contribution is 14.2. The minimum Gasteiger partial charge on any atom is -0.493 e. The van der Waals surface area contributed by atoms with Crippen LogP contribution in [-0.2, 0) is 9.53 Å². The van der Waals surface area contributed by atoms with E-state index in [1.54, 1.807) is 13.0 Å². The largest absolute Gasteiger partial charge is 0.493 e. The Morgan fingerprint density at radius 1 is 1.21 bits per heavy atom. The average Bonchev–Trinajstić information content (AvgIpc) is 3.13. The molecule has 0 atom stereocenters. The van der Waals surface area contributed by atoms with Crippen molar-refractivity contribution in [1.82, 2.24) is 9.80 Å². The van der Waals surface area contributed by atoms with Crippen molar-refractivity contribution in [2.45, 2.75) is 19.8 Å². The number of hydrogen-bond acceptors (Lipinski definition) is 8. The zero-order valence-corrected chi connectivity index (χ0v) is 21.4. The minimum atomic E-state index is -0.575. The minimum absolute atomic E-state index is 0.00945. The van der Waals surface area contributed by atoms with Gasteiger partial charge in [-0.1, -0.05) is 9.74 Å². The third kappa shape index (κ3) is 8.27. The van der Waals surface area contributed by atoms with Gasteiger partial charge in [0.25, 0.3) is 0 Å². The molecule has 0 bridgehead atoms. The Kier molecular flexibility index (Phi) is 10.6. The van der Waals surface area contributed by atoms with E-state index in [2.05, 4.69) is 35.8 Å². The second-order valence-electron chi connectivity index (χ2n) is 7.64. The first kappa shape index (κ1) is 25.9. The van der Waals surface area contributed by atoms with E-state index in [1.807, 2.05) is 0 Å². The highest BCUT2D eigenvalue weighted by Gasteiger charge is 2.19. The van der Waals surface area contributed by atoms with Crippen molar-refractivity contribution in [1.29, 1.82) is 0 Å². The van der Waals surface area contributed by atoms with Crippen LogP contribution in [0.2, 0.25) is 0 Å². The van der Waals surface area contributed by atoms with Crippen LogP contribution < -0.4 is 9.47 Å². The quantitative estimate of drug-likeness (QED) is 0.121. The van der Waals surface area contributed by atoms with Crippen molar-refractivity contribution in [3.8, 4) is 11.5 Å². The summed E-state index contributed by atoms with van der Waals surface area (Å²) < 4.78 is 21.3. The molecule has 0 aromatic heterocycles. The standard InChI is InChI=1S/C24H30IN3O6/c1-2-32-24(29)19-34-23-8-7-21(18-22(23)28(30)31)33-17-4-3-12-26-13-15-27(16-14-26)20-6-5-10-25-11-9-20/h5-10,18H,2-4,12-17,19H2,1H3. The van der Waals surface area contributed by atoms with E-state index in [0.717, 1.165) is 45.6 Å². The van der Waals surface area contributed by atoms with Crippen LogP contribution in [0, 0.1) is 10.1 Å². The molecule has 2 heterocycles. The number of halogens is 1. The summed E-state index contributed by atoms with van der Waals surface area (Å²) in [7, 11) is 0. The number of carbonyl (C=O) groups is 1. The van der Waals surface area contributed by atoms with Crippen LogP contribution in [0.1, 0.15) is 19.8 Å². The second-order valence-corrected chi connectivity index (χ2v) is 9.60. The molecule has 0 N–H and O–H groups in total. The van der Waals surface area contributed by atoms with Gasteiger partial charge in [-0.25, -0.2) is 4.79 Å². The Morgan fingerprint density at radius 3 is 2.79 bits per heavy atom. The number of esters is 1. The molecule has 0 radical (unpaired) electrons. The van der Waals surface area contributed by atoms with Crippen LogP contribution in [0.3, 0.4) is 0 Å². The molecule has 0 aliphatic carbocycles. The van der Waals surface area contributed by atoms with Gasteiger partial charge < -0.3 is 19.1 Å². The first-order chi connectivity index (χ1) is 16.6. The molecule has 1 saturated heterocycles. The van der Waals surface area contributed by atoms with Gasteiger partial charge in [0.15, 0.2) is 12.4 Å². The maximum Gasteiger partial charge on any atom is 0.344 e. The van der Waals surface area contributed by atoms with Gasteiger partial charge >= 0.3 is 11.7 Å². The van der Waals surface area contributed by atoms with Gasteiger partial charge in [0.1, 0.15) is 5.75 Å². The van der Waals surface area contributed by atoms with Crippen molar-refractivity contribution in [3.05, 3.63) is 56.3 Å². The zero-order chi connectivity index (χ0) is 24.2. The lowest BCUT2D eigenvalue weighted by molar-refractivity contribution is -0.385. The van der Waals surface area contributed by atoms with Crippen molar-refractivity contribution >= 4 is 36.1 Å². The third-order valence-electron chi connectivity index (χ3n) is 5.32. The summed E-state index contributed by atoms with van der Waals surface area (Å²) in [6.07, 6.45) is 8.29. The first-order valence-electron chi connectivity index (χ1n) is 11.3. The molecule has 1 fully saturated rings. The number of ether oxygens (including phenoxy) is 3. The van der Waals surface area contributed by atoms with Crippen molar-refractivity contribution in [2.24, 2.45) is 0 Å². The topological polar surface area (TPSA) is 94.4 Å². The van der Waals surface area contributed by atoms with Crippen LogP contribution in [0.15, 0.2) is 46.2 Å². The van der Waals surface area contributed by atoms with Crippen LogP contribution in [0.5, 0.6) is 11.5 Å². The van der Waals surface area contributed by atoms with Crippen LogP contribution in [-0.4, -0.2) is 76.9 Å². The van der Waals surface area contributed by atoms with Crippen LogP contribution >= 0.6 is 20.7 Å². The zero-order valence-electron chi connectivity index (χ0n) is 19.3. The van der Waals surface area contributed by atoms with Gasteiger partial charge in [0.05, 0.1) is 24.2 Å². The Labute approximate surface area is 209 Å². The average molecular weight is 583 g/mol. The molecule has 3 rings (SSSR count). The van der Waals surface area contributed by atoms with E-state index in [-0.39, 0.29) is 45.4 Å². The molecule has 1 aromatic carbocycles. The first-order valence-corrected chi connectivity index (χ1v) is 13.6. The summed E-state index contributed by atoms with van der Waals surface area (Å²) in [5, 5.41) is 11.4. The Bertz CT molecular complexity index is 979. The lowest BCUT2D eigenvalue weighted by Crippen LogP contribution is -2.45. The predicted molar refractivity (Wildman–Crippen MR) is 139 cm³/mol. The molecule has 34 heavy (non-hydrogen) atoms. The maximum atomic E-state index is 11.4. The Balaban J connectivity index is 1.37. The molecule has 10 heteroatoms. The molecule has 0 saturated carbocycles.